The third-order valence-electron chi connectivity index (χ3n) is 3.77. The molecule has 2 rings (SSSR count). The predicted octanol–water partition coefficient (Wildman–Crippen LogP) is 2.87. The molecule has 108 valence electrons. The van der Waals surface area contributed by atoms with Gasteiger partial charge in [0.15, 0.2) is 0 Å². The zero-order valence-corrected chi connectivity index (χ0v) is 12.4. The second kappa shape index (κ2) is 5.67. The van der Waals surface area contributed by atoms with Crippen LogP contribution < -0.4 is 5.73 Å². The van der Waals surface area contributed by atoms with Gasteiger partial charge in [-0.25, -0.2) is 4.79 Å². The van der Waals surface area contributed by atoms with Gasteiger partial charge < -0.3 is 15.4 Å². The number of fused-ring (bicyclic) bond motifs is 1. The Morgan fingerprint density at radius 3 is 2.60 bits per heavy atom. The molecule has 0 radical (unpaired) electrons. The number of aryl methyl sites for hydroxylation is 2. The van der Waals surface area contributed by atoms with Gasteiger partial charge in [-0.3, -0.25) is 0 Å². The van der Waals surface area contributed by atoms with Crippen molar-refractivity contribution in [3.8, 4) is 0 Å². The summed E-state index contributed by atoms with van der Waals surface area (Å²) in [5.41, 5.74) is 10.3. The molecule has 0 aliphatic rings. The number of aromatic nitrogens is 1. The Morgan fingerprint density at radius 2 is 2.05 bits per heavy atom. The zero-order chi connectivity index (χ0) is 14.9. The largest absolute Gasteiger partial charge is 0.478 e. The molecule has 20 heavy (non-hydrogen) atoms. The minimum absolute atomic E-state index is 0.374. The molecule has 1 aromatic carbocycles. The SMILES string of the molecule is CCCc1c(C)n(CCN)c2c(C(=O)O)cc(C)cc12. The molecule has 3 N–H and O–H groups in total. The van der Waals surface area contributed by atoms with Crippen LogP contribution in [0, 0.1) is 13.8 Å². The van der Waals surface area contributed by atoms with E-state index >= 15 is 0 Å². The lowest BCUT2D eigenvalue weighted by molar-refractivity contribution is 0.0698. The van der Waals surface area contributed by atoms with E-state index < -0.39 is 5.97 Å². The molecule has 0 atom stereocenters. The highest BCUT2D eigenvalue weighted by molar-refractivity contribution is 6.04. The van der Waals surface area contributed by atoms with Crippen molar-refractivity contribution >= 4 is 16.9 Å². The Balaban J connectivity index is 2.88. The van der Waals surface area contributed by atoms with E-state index in [1.54, 1.807) is 6.07 Å². The molecule has 0 bridgehead atoms. The van der Waals surface area contributed by atoms with Gasteiger partial charge >= 0.3 is 5.97 Å². The minimum atomic E-state index is -0.877. The Hall–Kier alpha value is -1.81. The highest BCUT2D eigenvalue weighted by Crippen LogP contribution is 2.31. The van der Waals surface area contributed by atoms with Crippen LogP contribution in [0.5, 0.6) is 0 Å². The predicted molar refractivity (Wildman–Crippen MR) is 81.4 cm³/mol. The summed E-state index contributed by atoms with van der Waals surface area (Å²) in [5, 5.41) is 10.6. The first-order valence-corrected chi connectivity index (χ1v) is 7.06. The van der Waals surface area contributed by atoms with E-state index in [0.717, 1.165) is 35.0 Å². The lowest BCUT2D eigenvalue weighted by atomic mass is 10.0. The second-order valence-corrected chi connectivity index (χ2v) is 5.27. The first-order valence-electron chi connectivity index (χ1n) is 7.06. The fourth-order valence-electron chi connectivity index (χ4n) is 2.96. The van der Waals surface area contributed by atoms with E-state index in [2.05, 4.69) is 24.5 Å². The molecule has 0 unspecified atom stereocenters. The summed E-state index contributed by atoms with van der Waals surface area (Å²) in [7, 11) is 0. The maximum Gasteiger partial charge on any atom is 0.337 e. The quantitative estimate of drug-likeness (QED) is 0.881. The summed E-state index contributed by atoms with van der Waals surface area (Å²) in [5.74, 6) is -0.877. The number of benzene rings is 1. The molecule has 0 fully saturated rings. The van der Waals surface area contributed by atoms with Gasteiger partial charge in [-0.15, -0.1) is 0 Å². The van der Waals surface area contributed by atoms with Crippen LogP contribution in [0.3, 0.4) is 0 Å². The van der Waals surface area contributed by atoms with Crippen molar-refractivity contribution in [2.24, 2.45) is 5.73 Å². The molecule has 0 aliphatic heterocycles. The Morgan fingerprint density at radius 1 is 1.35 bits per heavy atom. The third-order valence-corrected chi connectivity index (χ3v) is 3.77. The van der Waals surface area contributed by atoms with Crippen LogP contribution in [-0.4, -0.2) is 22.2 Å². The van der Waals surface area contributed by atoms with Gasteiger partial charge in [0.1, 0.15) is 0 Å². The average Bonchev–Trinajstić information content (AvgIpc) is 2.64. The molecule has 0 saturated heterocycles. The number of carboxylic acids is 1. The van der Waals surface area contributed by atoms with Gasteiger partial charge in [0.25, 0.3) is 0 Å². The topological polar surface area (TPSA) is 68.2 Å². The van der Waals surface area contributed by atoms with Gasteiger partial charge in [-0.1, -0.05) is 13.3 Å². The van der Waals surface area contributed by atoms with Gasteiger partial charge in [0.05, 0.1) is 11.1 Å². The molecule has 0 saturated carbocycles. The summed E-state index contributed by atoms with van der Waals surface area (Å²) in [6.45, 7) is 7.29. The molecule has 1 aromatic heterocycles. The number of carboxylic acid groups (broad SMARTS) is 1. The van der Waals surface area contributed by atoms with E-state index in [1.807, 2.05) is 6.92 Å². The summed E-state index contributed by atoms with van der Waals surface area (Å²) in [4.78, 5) is 11.6. The minimum Gasteiger partial charge on any atom is -0.478 e. The number of carbonyl (C=O) groups is 1. The van der Waals surface area contributed by atoms with Crippen molar-refractivity contribution < 1.29 is 9.90 Å². The molecule has 0 amide bonds. The first-order chi connectivity index (χ1) is 9.51. The molecular weight excluding hydrogens is 252 g/mol. The fraction of sp³-hybridized carbons (Fsp3) is 0.438. The maximum atomic E-state index is 11.6. The van der Waals surface area contributed by atoms with E-state index in [4.69, 9.17) is 5.73 Å². The lowest BCUT2D eigenvalue weighted by Gasteiger charge is -2.09. The zero-order valence-electron chi connectivity index (χ0n) is 12.4. The van der Waals surface area contributed by atoms with Crippen molar-refractivity contribution in [1.29, 1.82) is 0 Å². The molecular formula is C16H22N2O2. The second-order valence-electron chi connectivity index (χ2n) is 5.27. The van der Waals surface area contributed by atoms with E-state index in [0.29, 0.717) is 18.7 Å². The fourth-order valence-corrected chi connectivity index (χ4v) is 2.96. The normalized spacial score (nSPS) is 11.2. The number of rotatable bonds is 5. The Labute approximate surface area is 119 Å². The average molecular weight is 274 g/mol. The van der Waals surface area contributed by atoms with Gasteiger partial charge in [-0.2, -0.15) is 0 Å². The van der Waals surface area contributed by atoms with Crippen molar-refractivity contribution in [2.45, 2.75) is 40.2 Å². The van der Waals surface area contributed by atoms with Crippen LogP contribution in [0.25, 0.3) is 10.9 Å². The van der Waals surface area contributed by atoms with Crippen LogP contribution in [-0.2, 0) is 13.0 Å². The van der Waals surface area contributed by atoms with Crippen LogP contribution in [0.1, 0.15) is 40.5 Å². The summed E-state index contributed by atoms with van der Waals surface area (Å²) in [6, 6.07) is 3.83. The lowest BCUT2D eigenvalue weighted by Crippen LogP contribution is -2.13. The number of nitrogens with zero attached hydrogens (tertiary/aromatic N) is 1. The van der Waals surface area contributed by atoms with E-state index in [-0.39, 0.29) is 0 Å². The first kappa shape index (κ1) is 14.6. The van der Waals surface area contributed by atoms with Crippen molar-refractivity contribution in [3.05, 3.63) is 34.5 Å². The standard InChI is InChI=1S/C16H22N2O2/c1-4-5-12-11(3)18(7-6-17)15-13(12)8-10(2)9-14(15)16(19)20/h8-9H,4-7,17H2,1-3H3,(H,19,20). The van der Waals surface area contributed by atoms with E-state index in [9.17, 15) is 9.90 Å². The number of hydrogen-bond donors (Lipinski definition) is 2. The van der Waals surface area contributed by atoms with Gasteiger partial charge in [-0.05, 0) is 43.5 Å². The summed E-state index contributed by atoms with van der Waals surface area (Å²) in [6.07, 6.45) is 2.00. The highest BCUT2D eigenvalue weighted by atomic mass is 16.4. The number of nitrogens with two attached hydrogens (primary N) is 1. The monoisotopic (exact) mass is 274 g/mol. The molecule has 0 spiro atoms. The maximum absolute atomic E-state index is 11.6. The number of aromatic carboxylic acids is 1. The Kier molecular flexibility index (Phi) is 4.14. The summed E-state index contributed by atoms with van der Waals surface area (Å²) < 4.78 is 2.06. The Bertz CT molecular complexity index is 656. The molecule has 0 aliphatic carbocycles. The van der Waals surface area contributed by atoms with Crippen LogP contribution in [0.15, 0.2) is 12.1 Å². The molecule has 1 heterocycles. The molecule has 2 aromatic rings. The number of hydrogen-bond acceptors (Lipinski definition) is 2. The van der Waals surface area contributed by atoms with Crippen molar-refractivity contribution in [3.63, 3.8) is 0 Å². The van der Waals surface area contributed by atoms with Gasteiger partial charge in [0, 0.05) is 24.2 Å². The molecule has 4 nitrogen and oxygen atoms in total. The van der Waals surface area contributed by atoms with Crippen molar-refractivity contribution in [1.82, 2.24) is 4.57 Å². The smallest absolute Gasteiger partial charge is 0.337 e. The van der Waals surface area contributed by atoms with Crippen LogP contribution >= 0.6 is 0 Å². The molecule has 4 heteroatoms. The van der Waals surface area contributed by atoms with Gasteiger partial charge in [0.2, 0.25) is 0 Å². The van der Waals surface area contributed by atoms with Crippen LogP contribution in [0.4, 0.5) is 0 Å². The third kappa shape index (κ3) is 2.31. The highest BCUT2D eigenvalue weighted by Gasteiger charge is 2.19. The van der Waals surface area contributed by atoms with E-state index in [1.165, 1.54) is 5.56 Å². The van der Waals surface area contributed by atoms with Crippen molar-refractivity contribution in [2.75, 3.05) is 6.54 Å². The van der Waals surface area contributed by atoms with Crippen LogP contribution in [0.2, 0.25) is 0 Å². The summed E-state index contributed by atoms with van der Waals surface area (Å²) >= 11 is 0.